The van der Waals surface area contributed by atoms with Crippen LogP contribution in [0.15, 0.2) is 52.9 Å². The molecule has 0 aliphatic carbocycles. The van der Waals surface area contributed by atoms with Gasteiger partial charge in [0, 0.05) is 13.2 Å². The van der Waals surface area contributed by atoms with E-state index in [1.165, 1.54) is 11.6 Å². The first-order valence-electron chi connectivity index (χ1n) is 11.8. The highest BCUT2D eigenvalue weighted by atomic mass is 32.2. The van der Waals surface area contributed by atoms with Gasteiger partial charge in [-0.25, -0.2) is 8.60 Å². The Morgan fingerprint density at radius 1 is 1.06 bits per heavy atom. The van der Waals surface area contributed by atoms with E-state index in [2.05, 4.69) is 21.4 Å². The van der Waals surface area contributed by atoms with Crippen LogP contribution >= 0.6 is 0 Å². The lowest BCUT2D eigenvalue weighted by atomic mass is 9.96. The molecule has 1 aliphatic heterocycles. The zero-order chi connectivity index (χ0) is 25.8. The summed E-state index contributed by atoms with van der Waals surface area (Å²) in [5.41, 5.74) is 7.78. The molecule has 9 heteroatoms. The molecule has 2 unspecified atom stereocenters. The van der Waals surface area contributed by atoms with Crippen LogP contribution in [0.5, 0.6) is 0 Å². The highest BCUT2D eigenvalue weighted by Gasteiger charge is 2.41. The van der Waals surface area contributed by atoms with Crippen molar-refractivity contribution in [1.29, 1.82) is 0 Å². The van der Waals surface area contributed by atoms with E-state index in [4.69, 9.17) is 20.7 Å². The van der Waals surface area contributed by atoms with Crippen molar-refractivity contribution in [3.63, 3.8) is 0 Å². The van der Waals surface area contributed by atoms with Gasteiger partial charge in [0.2, 0.25) is 0 Å². The highest BCUT2D eigenvalue weighted by Crippen LogP contribution is 2.37. The van der Waals surface area contributed by atoms with Crippen molar-refractivity contribution in [2.75, 3.05) is 33.4 Å². The summed E-state index contributed by atoms with van der Waals surface area (Å²) in [6.45, 7) is 5.71. The molecule has 2 atom stereocenters. The van der Waals surface area contributed by atoms with E-state index in [0.29, 0.717) is 24.9 Å². The molecule has 0 saturated carbocycles. The number of likely N-dealkylation sites (N-methyl/N-ethyl adjacent to an activating group) is 1. The molecule has 0 fully saturated rings. The smallest absolute Gasteiger partial charge is 0.296 e. The molecular weight excluding hydrogens is 469 g/mol. The highest BCUT2D eigenvalue weighted by molar-refractivity contribution is 7.84. The van der Waals surface area contributed by atoms with Crippen LogP contribution in [0.1, 0.15) is 48.6 Å². The fourth-order valence-electron chi connectivity index (χ4n) is 3.91. The summed E-state index contributed by atoms with van der Waals surface area (Å²) in [5, 5.41) is 17.1. The van der Waals surface area contributed by atoms with Crippen LogP contribution in [0.25, 0.3) is 0 Å². The number of aliphatic hydroxyl groups excluding tert-OH is 2. The largest absolute Gasteiger partial charge is 0.457 e. The van der Waals surface area contributed by atoms with Gasteiger partial charge >= 0.3 is 0 Å². The Bertz CT molecular complexity index is 969. The lowest BCUT2D eigenvalue weighted by molar-refractivity contribution is 0.0848. The second kappa shape index (κ2) is 14.3. The number of hydrogen-bond donors (Lipinski definition) is 3. The van der Waals surface area contributed by atoms with Crippen LogP contribution in [0.2, 0.25) is 0 Å². The molecule has 1 aliphatic rings. The number of benzene rings is 2. The minimum atomic E-state index is -1.44. The topological polar surface area (TPSA) is 108 Å². The normalized spacial score (nSPS) is 18.9. The number of rotatable bonds is 10. The maximum atomic E-state index is 12.8. The van der Waals surface area contributed by atoms with Crippen LogP contribution < -0.4 is 5.73 Å². The number of hydrogen-bond acceptors (Lipinski definition) is 6. The zero-order valence-corrected chi connectivity index (χ0v) is 21.6. The Morgan fingerprint density at radius 3 is 2.34 bits per heavy atom. The summed E-state index contributed by atoms with van der Waals surface area (Å²) in [5.74, 6) is -0.180. The van der Waals surface area contributed by atoms with E-state index in [1.54, 1.807) is 18.2 Å². The van der Waals surface area contributed by atoms with Gasteiger partial charge in [-0.1, -0.05) is 42.5 Å². The van der Waals surface area contributed by atoms with Crippen LogP contribution in [-0.4, -0.2) is 64.3 Å². The first-order chi connectivity index (χ1) is 16.7. The molecule has 4 N–H and O–H groups in total. The van der Waals surface area contributed by atoms with Crippen molar-refractivity contribution in [2.45, 2.75) is 50.4 Å². The second-order valence-corrected chi connectivity index (χ2v) is 10.3. The molecule has 1 heterocycles. The van der Waals surface area contributed by atoms with Crippen molar-refractivity contribution in [3.05, 3.63) is 71.0 Å². The van der Waals surface area contributed by atoms with Crippen molar-refractivity contribution < 1.29 is 23.5 Å². The first kappa shape index (κ1) is 28.9. The van der Waals surface area contributed by atoms with Crippen LogP contribution in [-0.2, 0) is 28.6 Å². The quantitative estimate of drug-likeness (QED) is 0.456. The lowest BCUT2D eigenvalue weighted by Crippen LogP contribution is -2.43. The molecule has 0 saturated heterocycles. The standard InChI is InChI=1S/C17H27N3O3S.C9H11FO/c1-17(2)15(24(22)19-16(18)23-17)14-8-6-13(7-9-14)5-4-10-20(3)11-12-21;10-9-6-2-1-4-8(9)5-3-7-11/h6-9,15,21H,4-5,10-12H2,1-3H3,(H2,18,19);1-2,4,6,11H,3,5,7H2. The molecule has 0 spiro atoms. The van der Waals surface area contributed by atoms with Crippen LogP contribution in [0.4, 0.5) is 4.39 Å². The SMILES string of the molecule is CN(CCO)CCCc1ccc(C2S(=O)N=C(N)OC2(C)C)cc1.OCCCc1ccccc1F. The first-order valence-corrected chi connectivity index (χ1v) is 13.0. The number of halogens is 1. The van der Waals surface area contributed by atoms with E-state index in [-0.39, 0.29) is 30.3 Å². The number of nitrogens with zero attached hydrogens (tertiary/aromatic N) is 2. The molecule has 35 heavy (non-hydrogen) atoms. The van der Waals surface area contributed by atoms with Crippen molar-refractivity contribution >= 4 is 17.0 Å². The maximum absolute atomic E-state index is 12.8. The Kier molecular flexibility index (Phi) is 11.8. The second-order valence-electron chi connectivity index (χ2n) is 9.08. The number of aryl methyl sites for hydroxylation is 2. The molecule has 3 rings (SSSR count). The van der Waals surface area contributed by atoms with Crippen molar-refractivity contribution in [3.8, 4) is 0 Å². The van der Waals surface area contributed by atoms with E-state index >= 15 is 0 Å². The monoisotopic (exact) mass is 507 g/mol. The summed E-state index contributed by atoms with van der Waals surface area (Å²) in [6, 6.07) is 14.8. The number of aliphatic hydroxyl groups is 2. The van der Waals surface area contributed by atoms with Gasteiger partial charge in [0.25, 0.3) is 6.02 Å². The van der Waals surface area contributed by atoms with E-state index in [1.807, 2.05) is 33.0 Å². The van der Waals surface area contributed by atoms with Gasteiger partial charge in [0.15, 0.2) is 11.0 Å². The molecule has 0 amide bonds. The van der Waals surface area contributed by atoms with E-state index in [0.717, 1.165) is 24.9 Å². The minimum Gasteiger partial charge on any atom is -0.457 e. The predicted octanol–water partition coefficient (Wildman–Crippen LogP) is 3.12. The number of nitrogens with two attached hydrogens (primary N) is 1. The van der Waals surface area contributed by atoms with E-state index in [9.17, 15) is 8.60 Å². The molecule has 194 valence electrons. The summed E-state index contributed by atoms with van der Waals surface area (Å²) in [4.78, 5) is 2.11. The van der Waals surface area contributed by atoms with Crippen LogP contribution in [0, 0.1) is 5.82 Å². The maximum Gasteiger partial charge on any atom is 0.296 e. The molecule has 0 aromatic heterocycles. The molecular formula is C26H38FN3O4S. The minimum absolute atomic E-state index is 0.0156. The fourth-order valence-corrected chi connectivity index (χ4v) is 5.15. The summed E-state index contributed by atoms with van der Waals surface area (Å²) < 4.78 is 34.6. The van der Waals surface area contributed by atoms with Gasteiger partial charge < -0.3 is 25.6 Å². The van der Waals surface area contributed by atoms with Crippen molar-refractivity contribution in [1.82, 2.24) is 4.90 Å². The molecule has 2 aromatic rings. The molecule has 7 nitrogen and oxygen atoms in total. The van der Waals surface area contributed by atoms with Gasteiger partial charge in [0.05, 0.1) is 6.61 Å². The number of amidine groups is 1. The third kappa shape index (κ3) is 9.33. The molecule has 2 aromatic carbocycles. The van der Waals surface area contributed by atoms with Crippen LogP contribution in [0.3, 0.4) is 0 Å². The lowest BCUT2D eigenvalue weighted by Gasteiger charge is -2.35. The third-order valence-electron chi connectivity index (χ3n) is 5.71. The molecule has 0 radical (unpaired) electrons. The van der Waals surface area contributed by atoms with Gasteiger partial charge in [-0.15, -0.1) is 4.40 Å². The van der Waals surface area contributed by atoms with Gasteiger partial charge in [0.1, 0.15) is 16.7 Å². The van der Waals surface area contributed by atoms with Crippen molar-refractivity contribution in [2.24, 2.45) is 10.1 Å². The summed E-state index contributed by atoms with van der Waals surface area (Å²) in [7, 11) is 0.565. The van der Waals surface area contributed by atoms with Gasteiger partial charge in [-0.2, -0.15) is 0 Å². The molecule has 0 bridgehead atoms. The fraction of sp³-hybridized carbons (Fsp3) is 0.500. The average Bonchev–Trinajstić information content (AvgIpc) is 2.79. The number of ether oxygens (including phenoxy) is 1. The Morgan fingerprint density at radius 2 is 1.74 bits per heavy atom. The third-order valence-corrected chi connectivity index (χ3v) is 7.32. The zero-order valence-electron chi connectivity index (χ0n) is 20.8. The summed E-state index contributed by atoms with van der Waals surface area (Å²) >= 11 is 0. The van der Waals surface area contributed by atoms with E-state index < -0.39 is 16.6 Å². The average molecular weight is 508 g/mol. The Hall–Kier alpha value is -2.33. The van der Waals surface area contributed by atoms with Gasteiger partial charge in [-0.05, 0) is 75.9 Å². The Labute approximate surface area is 210 Å². The van der Waals surface area contributed by atoms with Gasteiger partial charge in [-0.3, -0.25) is 0 Å². The summed E-state index contributed by atoms with van der Waals surface area (Å²) in [6.07, 6.45) is 3.24. The Balaban J connectivity index is 0.000000328. The predicted molar refractivity (Wildman–Crippen MR) is 139 cm³/mol.